The van der Waals surface area contributed by atoms with E-state index in [1.165, 1.54) is 66.1 Å². The topological polar surface area (TPSA) is 0 Å². The Kier molecular flexibility index (Phi) is 5.15. The maximum Gasteiger partial charge on any atom is -0.00262 e. The van der Waals surface area contributed by atoms with Crippen LogP contribution in [0.25, 0.3) is 49.4 Å². The van der Waals surface area contributed by atoms with Crippen LogP contribution in [0.5, 0.6) is 0 Å². The molecule has 0 bridgehead atoms. The number of hydrogen-bond donors (Lipinski definition) is 0. The highest BCUT2D eigenvalue weighted by molar-refractivity contribution is 6.21. The molecule has 5 aromatic rings. The molecule has 0 aliphatic heterocycles. The molecule has 5 aromatic carbocycles. The Balaban J connectivity index is 1.70. The number of allylic oxidation sites excluding steroid dienone is 4. The van der Waals surface area contributed by atoms with E-state index in [4.69, 9.17) is 0 Å². The van der Waals surface area contributed by atoms with E-state index in [0.29, 0.717) is 0 Å². The number of benzene rings is 5. The van der Waals surface area contributed by atoms with Gasteiger partial charge in [-0.25, -0.2) is 0 Å². The molecule has 164 valence electrons. The Morgan fingerprint density at radius 1 is 0.559 bits per heavy atom. The first-order valence-corrected chi connectivity index (χ1v) is 12.2. The van der Waals surface area contributed by atoms with Crippen LogP contribution in [0.15, 0.2) is 115 Å². The van der Waals surface area contributed by atoms with Crippen molar-refractivity contribution in [2.45, 2.75) is 26.7 Å². The third-order valence-electron chi connectivity index (χ3n) is 7.24. The standard InChI is InChI=1S/C34H28/c1-23-12-6-7-15-27(23)32-22-26(21-20-24(32)2)34-30-18-10-8-16-28(30)33(25-13-4-3-5-14-25)29-17-9-11-19-31(29)34/h3-5,7-11,13-22H,6,12H2,1-2H3. The summed E-state index contributed by atoms with van der Waals surface area (Å²) in [6, 6.07) is 35.6. The van der Waals surface area contributed by atoms with E-state index in [2.05, 4.69) is 123 Å². The van der Waals surface area contributed by atoms with E-state index < -0.39 is 0 Å². The van der Waals surface area contributed by atoms with Gasteiger partial charge in [-0.1, -0.05) is 109 Å². The van der Waals surface area contributed by atoms with Crippen molar-refractivity contribution >= 4 is 27.1 Å². The third kappa shape index (κ3) is 3.38. The normalized spacial score (nSPS) is 13.7. The summed E-state index contributed by atoms with van der Waals surface area (Å²) in [6.07, 6.45) is 6.92. The molecule has 0 spiro atoms. The smallest absolute Gasteiger partial charge is 0.00262 e. The van der Waals surface area contributed by atoms with Gasteiger partial charge in [-0.2, -0.15) is 0 Å². The molecule has 0 fully saturated rings. The van der Waals surface area contributed by atoms with Crippen molar-refractivity contribution in [3.05, 3.63) is 126 Å². The van der Waals surface area contributed by atoms with Crippen molar-refractivity contribution in [2.24, 2.45) is 0 Å². The molecular weight excluding hydrogens is 408 g/mol. The van der Waals surface area contributed by atoms with Crippen molar-refractivity contribution in [1.29, 1.82) is 0 Å². The lowest BCUT2D eigenvalue weighted by Crippen LogP contribution is -1.96. The monoisotopic (exact) mass is 436 g/mol. The molecule has 0 saturated carbocycles. The summed E-state index contributed by atoms with van der Waals surface area (Å²) in [7, 11) is 0. The fourth-order valence-electron chi connectivity index (χ4n) is 5.52. The average molecular weight is 437 g/mol. The first-order chi connectivity index (χ1) is 16.7. The lowest BCUT2D eigenvalue weighted by atomic mass is 9.84. The molecule has 0 aromatic heterocycles. The Morgan fingerprint density at radius 3 is 1.71 bits per heavy atom. The second-order valence-electron chi connectivity index (χ2n) is 9.37. The molecule has 0 heterocycles. The van der Waals surface area contributed by atoms with Gasteiger partial charge in [-0.15, -0.1) is 0 Å². The molecular formula is C34H28. The van der Waals surface area contributed by atoms with Crippen LogP contribution in [0.3, 0.4) is 0 Å². The highest BCUT2D eigenvalue weighted by atomic mass is 14.2. The van der Waals surface area contributed by atoms with Crippen LogP contribution < -0.4 is 0 Å². The summed E-state index contributed by atoms with van der Waals surface area (Å²) in [6.45, 7) is 4.51. The predicted molar refractivity (Wildman–Crippen MR) is 148 cm³/mol. The average Bonchev–Trinajstić information content (AvgIpc) is 2.89. The van der Waals surface area contributed by atoms with Crippen LogP contribution in [0.2, 0.25) is 0 Å². The predicted octanol–water partition coefficient (Wildman–Crippen LogP) is 9.76. The molecule has 0 unspecified atom stereocenters. The summed E-state index contributed by atoms with van der Waals surface area (Å²) in [5.74, 6) is 0. The minimum absolute atomic E-state index is 1.14. The van der Waals surface area contributed by atoms with Crippen molar-refractivity contribution in [3.8, 4) is 22.3 Å². The van der Waals surface area contributed by atoms with Crippen molar-refractivity contribution in [1.82, 2.24) is 0 Å². The molecule has 0 radical (unpaired) electrons. The number of hydrogen-bond acceptors (Lipinski definition) is 0. The second kappa shape index (κ2) is 8.47. The zero-order valence-electron chi connectivity index (χ0n) is 19.8. The Labute approximate surface area is 201 Å². The molecule has 0 nitrogen and oxygen atoms in total. The van der Waals surface area contributed by atoms with Gasteiger partial charge in [-0.05, 0) is 93.3 Å². The van der Waals surface area contributed by atoms with Gasteiger partial charge in [0.1, 0.15) is 0 Å². The molecule has 0 N–H and O–H groups in total. The van der Waals surface area contributed by atoms with Crippen molar-refractivity contribution in [2.75, 3.05) is 0 Å². The Bertz CT molecular complexity index is 1540. The molecule has 1 aliphatic carbocycles. The van der Waals surface area contributed by atoms with E-state index in [0.717, 1.165) is 12.8 Å². The zero-order valence-corrected chi connectivity index (χ0v) is 19.8. The number of rotatable bonds is 3. The number of aryl methyl sites for hydroxylation is 1. The van der Waals surface area contributed by atoms with E-state index in [-0.39, 0.29) is 0 Å². The SMILES string of the molecule is CC1=C(c2cc(-c3c4ccccc4c(-c4ccccc4)c4ccccc34)ccc2C)C=CCC1. The van der Waals surface area contributed by atoms with Gasteiger partial charge in [0, 0.05) is 0 Å². The lowest BCUT2D eigenvalue weighted by Gasteiger charge is -2.20. The largest absolute Gasteiger partial charge is 0.0836 e. The van der Waals surface area contributed by atoms with Gasteiger partial charge in [0.2, 0.25) is 0 Å². The fourth-order valence-corrected chi connectivity index (χ4v) is 5.52. The van der Waals surface area contributed by atoms with Crippen molar-refractivity contribution < 1.29 is 0 Å². The Hall–Kier alpha value is -3.90. The van der Waals surface area contributed by atoms with Gasteiger partial charge >= 0.3 is 0 Å². The van der Waals surface area contributed by atoms with E-state index in [1.54, 1.807) is 0 Å². The van der Waals surface area contributed by atoms with E-state index in [1.807, 2.05) is 0 Å². The minimum Gasteiger partial charge on any atom is -0.0836 e. The van der Waals surface area contributed by atoms with Gasteiger partial charge in [0.25, 0.3) is 0 Å². The minimum atomic E-state index is 1.14. The first-order valence-electron chi connectivity index (χ1n) is 12.2. The number of fused-ring (bicyclic) bond motifs is 2. The molecule has 0 saturated heterocycles. The highest BCUT2D eigenvalue weighted by Gasteiger charge is 2.17. The van der Waals surface area contributed by atoms with Crippen LogP contribution in [0.4, 0.5) is 0 Å². The van der Waals surface area contributed by atoms with Crippen molar-refractivity contribution in [3.63, 3.8) is 0 Å². The zero-order chi connectivity index (χ0) is 23.1. The molecule has 0 amide bonds. The van der Waals surface area contributed by atoms with Crippen LogP contribution >= 0.6 is 0 Å². The highest BCUT2D eigenvalue weighted by Crippen LogP contribution is 2.44. The summed E-state index contributed by atoms with van der Waals surface area (Å²) in [5, 5.41) is 5.22. The summed E-state index contributed by atoms with van der Waals surface area (Å²) in [4.78, 5) is 0. The summed E-state index contributed by atoms with van der Waals surface area (Å²) in [5.41, 5.74) is 10.7. The van der Waals surface area contributed by atoms with E-state index >= 15 is 0 Å². The summed E-state index contributed by atoms with van der Waals surface area (Å²) < 4.78 is 0. The quantitative estimate of drug-likeness (QED) is 0.247. The summed E-state index contributed by atoms with van der Waals surface area (Å²) >= 11 is 0. The van der Waals surface area contributed by atoms with Crippen LogP contribution in [-0.2, 0) is 0 Å². The fraction of sp³-hybridized carbons (Fsp3) is 0.118. The Morgan fingerprint density at radius 2 is 1.12 bits per heavy atom. The molecule has 34 heavy (non-hydrogen) atoms. The maximum atomic E-state index is 2.42. The van der Waals surface area contributed by atoms with Gasteiger partial charge < -0.3 is 0 Å². The third-order valence-corrected chi connectivity index (χ3v) is 7.24. The molecule has 0 atom stereocenters. The van der Waals surface area contributed by atoms with E-state index in [9.17, 15) is 0 Å². The van der Waals surface area contributed by atoms with Crippen LogP contribution in [0.1, 0.15) is 30.9 Å². The lowest BCUT2D eigenvalue weighted by molar-refractivity contribution is 0.967. The molecule has 0 heteroatoms. The molecule has 1 aliphatic rings. The van der Waals surface area contributed by atoms with Gasteiger partial charge in [-0.3, -0.25) is 0 Å². The first kappa shape index (κ1) is 20.7. The van der Waals surface area contributed by atoms with Crippen LogP contribution in [-0.4, -0.2) is 0 Å². The maximum absolute atomic E-state index is 2.42. The van der Waals surface area contributed by atoms with Crippen LogP contribution in [0, 0.1) is 6.92 Å². The second-order valence-corrected chi connectivity index (χ2v) is 9.37. The van der Waals surface area contributed by atoms with Gasteiger partial charge in [0.05, 0.1) is 0 Å². The molecule has 6 rings (SSSR count). The van der Waals surface area contributed by atoms with Gasteiger partial charge in [0.15, 0.2) is 0 Å².